The summed E-state index contributed by atoms with van der Waals surface area (Å²) in [7, 11) is 2.09. The van der Waals surface area contributed by atoms with Crippen molar-refractivity contribution in [3.63, 3.8) is 0 Å². The summed E-state index contributed by atoms with van der Waals surface area (Å²) >= 11 is 0. The second kappa shape index (κ2) is 9.06. The summed E-state index contributed by atoms with van der Waals surface area (Å²) in [5.41, 5.74) is 8.88. The normalized spacial score (nSPS) is 12.8. The van der Waals surface area contributed by atoms with Gasteiger partial charge in [-0.25, -0.2) is 9.97 Å². The zero-order valence-electron chi connectivity index (χ0n) is 19.2. The van der Waals surface area contributed by atoms with Crippen molar-refractivity contribution in [3.05, 3.63) is 41.0 Å². The number of hydrogen-bond acceptors (Lipinski definition) is 3. The van der Waals surface area contributed by atoms with Gasteiger partial charge < -0.3 is 4.57 Å². The quantitative estimate of drug-likeness (QED) is 0.435. The predicted molar refractivity (Wildman–Crippen MR) is 123 cm³/mol. The number of pyridine rings is 1. The fourth-order valence-electron chi connectivity index (χ4n) is 4.25. The summed E-state index contributed by atoms with van der Waals surface area (Å²) in [6, 6.07) is 4.35. The number of hydrogen-bond donors (Lipinski definition) is 0. The van der Waals surface area contributed by atoms with Crippen molar-refractivity contribution in [3.8, 4) is 11.3 Å². The smallest absolute Gasteiger partial charge is 0.159 e. The van der Waals surface area contributed by atoms with Crippen LogP contribution in [0.4, 0.5) is 0 Å². The topological polar surface area (TPSA) is 43.6 Å². The van der Waals surface area contributed by atoms with Crippen LogP contribution in [0.5, 0.6) is 0 Å². The zero-order valence-corrected chi connectivity index (χ0v) is 19.2. The van der Waals surface area contributed by atoms with Gasteiger partial charge in [0, 0.05) is 35.8 Å². The standard InChI is InChI=1S/C25H36N4/c1-8-12-17(9-2)19-15-29(7)25-24(19)27-21(11-4)23(28-25)18-13-14-22(16(5)6)26-20(18)10-3/h13-17H,8-12H2,1-7H3. The molecule has 1 atom stereocenters. The summed E-state index contributed by atoms with van der Waals surface area (Å²) in [6.45, 7) is 13.3. The lowest BCUT2D eigenvalue weighted by atomic mass is 9.93. The van der Waals surface area contributed by atoms with Gasteiger partial charge in [0.1, 0.15) is 5.52 Å². The molecule has 3 heterocycles. The van der Waals surface area contributed by atoms with E-state index in [9.17, 15) is 0 Å². The van der Waals surface area contributed by atoms with Crippen LogP contribution in [0.2, 0.25) is 0 Å². The largest absolute Gasteiger partial charge is 0.334 e. The predicted octanol–water partition coefficient (Wildman–Crippen LogP) is 6.57. The number of rotatable bonds is 8. The zero-order chi connectivity index (χ0) is 21.1. The lowest BCUT2D eigenvalue weighted by Crippen LogP contribution is -2.05. The molecule has 0 N–H and O–H groups in total. The molecule has 156 valence electrons. The van der Waals surface area contributed by atoms with E-state index in [1.807, 2.05) is 0 Å². The third-order valence-corrected chi connectivity index (χ3v) is 5.97. The van der Waals surface area contributed by atoms with Crippen LogP contribution in [0, 0.1) is 0 Å². The molecule has 0 fully saturated rings. The minimum Gasteiger partial charge on any atom is -0.334 e. The van der Waals surface area contributed by atoms with Crippen LogP contribution in [0.25, 0.3) is 22.4 Å². The van der Waals surface area contributed by atoms with Crippen molar-refractivity contribution in [2.45, 2.75) is 85.5 Å². The first-order valence-corrected chi connectivity index (χ1v) is 11.3. The van der Waals surface area contributed by atoms with Gasteiger partial charge in [0.2, 0.25) is 0 Å². The molecular weight excluding hydrogens is 356 g/mol. The van der Waals surface area contributed by atoms with E-state index in [2.05, 4.69) is 71.5 Å². The van der Waals surface area contributed by atoms with Crippen molar-refractivity contribution in [2.75, 3.05) is 0 Å². The molecule has 0 saturated heterocycles. The van der Waals surface area contributed by atoms with Gasteiger partial charge in [0.25, 0.3) is 0 Å². The molecular formula is C25H36N4. The van der Waals surface area contributed by atoms with E-state index in [0.717, 1.165) is 58.8 Å². The van der Waals surface area contributed by atoms with Crippen molar-refractivity contribution in [1.82, 2.24) is 19.5 Å². The summed E-state index contributed by atoms with van der Waals surface area (Å²) in [5, 5.41) is 0. The summed E-state index contributed by atoms with van der Waals surface area (Å²) in [4.78, 5) is 15.3. The average molecular weight is 393 g/mol. The Labute approximate surface area is 175 Å². The van der Waals surface area contributed by atoms with Gasteiger partial charge in [-0.15, -0.1) is 0 Å². The molecule has 3 rings (SSSR count). The van der Waals surface area contributed by atoms with E-state index in [4.69, 9.17) is 15.0 Å². The molecule has 4 heteroatoms. The van der Waals surface area contributed by atoms with E-state index in [-0.39, 0.29) is 0 Å². The van der Waals surface area contributed by atoms with Gasteiger partial charge in [-0.2, -0.15) is 0 Å². The molecule has 4 nitrogen and oxygen atoms in total. The average Bonchev–Trinajstić information content (AvgIpc) is 3.05. The maximum Gasteiger partial charge on any atom is 0.159 e. The second-order valence-electron chi connectivity index (χ2n) is 8.37. The first-order chi connectivity index (χ1) is 13.9. The van der Waals surface area contributed by atoms with E-state index >= 15 is 0 Å². The van der Waals surface area contributed by atoms with Crippen LogP contribution in [-0.4, -0.2) is 19.5 Å². The minimum absolute atomic E-state index is 0.425. The fraction of sp³-hybridized carbons (Fsp3) is 0.560. The van der Waals surface area contributed by atoms with E-state index in [1.165, 1.54) is 18.4 Å². The molecule has 0 saturated carbocycles. The number of aryl methyl sites for hydroxylation is 3. The first-order valence-electron chi connectivity index (χ1n) is 11.3. The second-order valence-corrected chi connectivity index (χ2v) is 8.37. The Morgan fingerprint density at radius 2 is 1.66 bits per heavy atom. The van der Waals surface area contributed by atoms with Crippen molar-refractivity contribution in [2.24, 2.45) is 7.05 Å². The monoisotopic (exact) mass is 392 g/mol. The Kier molecular flexibility index (Phi) is 6.71. The maximum absolute atomic E-state index is 5.16. The van der Waals surface area contributed by atoms with Crippen LogP contribution < -0.4 is 0 Å². The van der Waals surface area contributed by atoms with Gasteiger partial charge >= 0.3 is 0 Å². The van der Waals surface area contributed by atoms with Gasteiger partial charge in [-0.05, 0) is 49.7 Å². The van der Waals surface area contributed by atoms with E-state index in [1.54, 1.807) is 0 Å². The van der Waals surface area contributed by atoms with Crippen molar-refractivity contribution >= 4 is 11.2 Å². The molecule has 0 amide bonds. The summed E-state index contributed by atoms with van der Waals surface area (Å²) in [5.74, 6) is 0.972. The molecule has 3 aromatic rings. The van der Waals surface area contributed by atoms with Crippen LogP contribution >= 0.6 is 0 Å². The SMILES string of the molecule is CCCC(CC)c1cn(C)c2nc(-c3ccc(C(C)C)nc3CC)c(CC)nc12. The Balaban J connectivity index is 2.21. The van der Waals surface area contributed by atoms with E-state index in [0.29, 0.717) is 11.8 Å². The molecule has 0 bridgehead atoms. The lowest BCUT2D eigenvalue weighted by molar-refractivity contribution is 0.597. The van der Waals surface area contributed by atoms with Gasteiger partial charge in [0.15, 0.2) is 5.65 Å². The van der Waals surface area contributed by atoms with Gasteiger partial charge in [0.05, 0.1) is 11.4 Å². The molecule has 0 aliphatic rings. The van der Waals surface area contributed by atoms with Gasteiger partial charge in [-0.1, -0.05) is 48.0 Å². The van der Waals surface area contributed by atoms with Crippen LogP contribution in [0.1, 0.15) is 95.3 Å². The van der Waals surface area contributed by atoms with Gasteiger partial charge in [-0.3, -0.25) is 4.98 Å². The molecule has 29 heavy (non-hydrogen) atoms. The van der Waals surface area contributed by atoms with Crippen molar-refractivity contribution in [1.29, 1.82) is 0 Å². The molecule has 0 spiro atoms. The number of aromatic nitrogens is 4. The van der Waals surface area contributed by atoms with Crippen LogP contribution in [0.15, 0.2) is 18.3 Å². The highest BCUT2D eigenvalue weighted by Crippen LogP contribution is 2.34. The van der Waals surface area contributed by atoms with E-state index < -0.39 is 0 Å². The summed E-state index contributed by atoms with van der Waals surface area (Å²) < 4.78 is 2.15. The minimum atomic E-state index is 0.425. The Bertz CT molecular complexity index is 984. The Hall–Kier alpha value is -2.23. The number of nitrogens with zero attached hydrogens (tertiary/aromatic N) is 4. The molecule has 0 radical (unpaired) electrons. The highest BCUT2D eigenvalue weighted by atomic mass is 15.0. The first kappa shape index (κ1) is 21.5. The highest BCUT2D eigenvalue weighted by Gasteiger charge is 2.21. The third-order valence-electron chi connectivity index (χ3n) is 5.97. The molecule has 1 unspecified atom stereocenters. The van der Waals surface area contributed by atoms with Crippen molar-refractivity contribution < 1.29 is 0 Å². The number of fused-ring (bicyclic) bond motifs is 1. The lowest BCUT2D eigenvalue weighted by Gasteiger charge is -2.15. The molecule has 0 aliphatic carbocycles. The third kappa shape index (κ3) is 4.08. The Morgan fingerprint density at radius 3 is 2.24 bits per heavy atom. The molecule has 3 aromatic heterocycles. The highest BCUT2D eigenvalue weighted by molar-refractivity contribution is 5.80. The Morgan fingerprint density at radius 1 is 0.931 bits per heavy atom. The van der Waals surface area contributed by atoms with Crippen LogP contribution in [0.3, 0.4) is 0 Å². The van der Waals surface area contributed by atoms with Crippen LogP contribution in [-0.2, 0) is 19.9 Å². The molecule has 0 aliphatic heterocycles. The fourth-order valence-corrected chi connectivity index (χ4v) is 4.25. The summed E-state index contributed by atoms with van der Waals surface area (Å²) in [6.07, 6.45) is 7.53. The maximum atomic E-state index is 5.16. The molecule has 0 aromatic carbocycles.